The van der Waals surface area contributed by atoms with Gasteiger partial charge in [0, 0.05) is 11.1 Å². The van der Waals surface area contributed by atoms with E-state index >= 15 is 0 Å². The maximum absolute atomic E-state index is 12.9. The van der Waals surface area contributed by atoms with E-state index in [0.717, 1.165) is 24.8 Å². The van der Waals surface area contributed by atoms with Crippen molar-refractivity contribution in [1.82, 2.24) is 14.9 Å². The van der Waals surface area contributed by atoms with Gasteiger partial charge in [0.25, 0.3) is 5.56 Å². The molecule has 0 radical (unpaired) electrons. The molecule has 0 spiro atoms. The summed E-state index contributed by atoms with van der Waals surface area (Å²) >= 11 is 7.28. The molecule has 1 aromatic heterocycles. The minimum Gasteiger partial charge on any atom is -0.349 e. The molecular weight excluding hydrogens is 406 g/mol. The number of para-hydroxylation sites is 1. The Morgan fingerprint density at radius 3 is 2.66 bits per heavy atom. The molecule has 1 fully saturated rings. The Hall–Kier alpha value is -2.31. The van der Waals surface area contributed by atoms with Crippen LogP contribution in [0.4, 0.5) is 0 Å². The molecule has 150 valence electrons. The number of nitrogens with zero attached hydrogens (tertiary/aromatic N) is 2. The number of halogens is 1. The van der Waals surface area contributed by atoms with Crippen LogP contribution in [-0.2, 0) is 4.79 Å². The van der Waals surface area contributed by atoms with Crippen LogP contribution >= 0.6 is 23.4 Å². The molecule has 5 nitrogen and oxygen atoms in total. The summed E-state index contributed by atoms with van der Waals surface area (Å²) in [4.78, 5) is 30.2. The fraction of sp³-hybridized carbons (Fsp3) is 0.318. The van der Waals surface area contributed by atoms with Crippen molar-refractivity contribution in [2.24, 2.45) is 0 Å². The number of hydrogen-bond acceptors (Lipinski definition) is 4. The van der Waals surface area contributed by atoms with Crippen LogP contribution in [0.25, 0.3) is 10.9 Å². The Morgan fingerprint density at radius 1 is 1.24 bits per heavy atom. The van der Waals surface area contributed by atoms with Crippen molar-refractivity contribution >= 4 is 40.2 Å². The van der Waals surface area contributed by atoms with Crippen molar-refractivity contribution in [3.63, 3.8) is 0 Å². The molecule has 1 amide bonds. The summed E-state index contributed by atoms with van der Waals surface area (Å²) < 4.78 is 1.76. The third-order valence-corrected chi connectivity index (χ3v) is 6.24. The number of carbonyl (C=O) groups excluding carboxylic acids is 1. The van der Waals surface area contributed by atoms with Crippen LogP contribution in [0.3, 0.4) is 0 Å². The minimum absolute atomic E-state index is 0.0198. The zero-order chi connectivity index (χ0) is 20.4. The predicted octanol–water partition coefficient (Wildman–Crippen LogP) is 4.74. The van der Waals surface area contributed by atoms with Gasteiger partial charge in [0.05, 0.1) is 22.7 Å². The van der Waals surface area contributed by atoms with Crippen LogP contribution in [0, 0.1) is 0 Å². The monoisotopic (exact) mass is 427 g/mol. The van der Waals surface area contributed by atoms with E-state index in [4.69, 9.17) is 11.6 Å². The first kappa shape index (κ1) is 20.0. The minimum atomic E-state index is -0.0819. The molecular formula is C22H22ClN3O2S. The van der Waals surface area contributed by atoms with E-state index in [0.29, 0.717) is 21.1 Å². The third kappa shape index (κ3) is 4.49. The lowest BCUT2D eigenvalue weighted by Gasteiger charge is -2.18. The molecule has 1 aliphatic rings. The van der Waals surface area contributed by atoms with Crippen LogP contribution in [0.5, 0.6) is 0 Å². The van der Waals surface area contributed by atoms with E-state index in [1.165, 1.54) is 11.8 Å². The number of carbonyl (C=O) groups is 1. The smallest absolute Gasteiger partial charge is 0.262 e. The quantitative estimate of drug-likeness (QED) is 0.436. The molecule has 1 N–H and O–H groups in total. The fourth-order valence-corrected chi connectivity index (χ4v) is 4.37. The standard InChI is InChI=1S/C22H22ClN3O2S/c1-2-18(14-7-9-15(23)10-8-14)24-20(27)13-29-22-25-19-6-4-3-5-17(19)21(28)26(22)16-11-12-16/h3-10,16,18H,2,11-13H2,1H3,(H,24,27). The van der Waals surface area contributed by atoms with Crippen molar-refractivity contribution in [2.75, 3.05) is 5.75 Å². The van der Waals surface area contributed by atoms with Gasteiger partial charge in [-0.1, -0.05) is 54.6 Å². The van der Waals surface area contributed by atoms with Crippen LogP contribution in [0.15, 0.2) is 58.5 Å². The van der Waals surface area contributed by atoms with Crippen molar-refractivity contribution in [3.05, 3.63) is 69.5 Å². The third-order valence-electron chi connectivity index (χ3n) is 5.04. The molecule has 1 atom stereocenters. The van der Waals surface area contributed by atoms with Crippen molar-refractivity contribution < 1.29 is 4.79 Å². The van der Waals surface area contributed by atoms with Gasteiger partial charge in [-0.3, -0.25) is 14.2 Å². The zero-order valence-corrected chi connectivity index (χ0v) is 17.7. The summed E-state index contributed by atoms with van der Waals surface area (Å²) in [5, 5.41) is 4.99. The van der Waals surface area contributed by atoms with Gasteiger partial charge in [-0.25, -0.2) is 4.98 Å². The molecule has 1 saturated carbocycles. The Bertz CT molecular complexity index is 1090. The number of thioether (sulfide) groups is 1. The van der Waals surface area contributed by atoms with Gasteiger partial charge in [0.15, 0.2) is 5.16 Å². The van der Waals surface area contributed by atoms with E-state index < -0.39 is 0 Å². The van der Waals surface area contributed by atoms with Crippen molar-refractivity contribution in [2.45, 2.75) is 43.4 Å². The molecule has 0 bridgehead atoms. The highest BCUT2D eigenvalue weighted by molar-refractivity contribution is 7.99. The highest BCUT2D eigenvalue weighted by Gasteiger charge is 2.28. The summed E-state index contributed by atoms with van der Waals surface area (Å²) in [7, 11) is 0. The molecule has 1 heterocycles. The Morgan fingerprint density at radius 2 is 1.97 bits per heavy atom. The van der Waals surface area contributed by atoms with Gasteiger partial charge < -0.3 is 5.32 Å². The number of amides is 1. The lowest BCUT2D eigenvalue weighted by molar-refractivity contribution is -0.119. The van der Waals surface area contributed by atoms with Crippen LogP contribution in [0.1, 0.15) is 43.8 Å². The molecule has 1 unspecified atom stereocenters. The first-order valence-corrected chi connectivity index (χ1v) is 11.1. The van der Waals surface area contributed by atoms with E-state index in [9.17, 15) is 9.59 Å². The number of aromatic nitrogens is 2. The number of rotatable bonds is 7. The van der Waals surface area contributed by atoms with Crippen LogP contribution in [-0.4, -0.2) is 21.2 Å². The average molecular weight is 428 g/mol. The highest BCUT2D eigenvalue weighted by atomic mass is 35.5. The summed E-state index contributed by atoms with van der Waals surface area (Å²) in [5.74, 6) is 0.128. The predicted molar refractivity (Wildman–Crippen MR) is 118 cm³/mol. The van der Waals surface area contributed by atoms with E-state index in [1.54, 1.807) is 4.57 Å². The normalized spacial score (nSPS) is 14.7. The second kappa shape index (κ2) is 8.59. The van der Waals surface area contributed by atoms with Crippen LogP contribution in [0.2, 0.25) is 5.02 Å². The first-order chi connectivity index (χ1) is 14.1. The first-order valence-electron chi connectivity index (χ1n) is 9.75. The topological polar surface area (TPSA) is 64.0 Å². The van der Waals surface area contributed by atoms with Gasteiger partial charge in [-0.15, -0.1) is 0 Å². The number of fused-ring (bicyclic) bond motifs is 1. The van der Waals surface area contributed by atoms with Crippen molar-refractivity contribution in [1.29, 1.82) is 0 Å². The number of benzene rings is 2. The number of nitrogens with one attached hydrogen (secondary N) is 1. The van der Waals surface area contributed by atoms with Gasteiger partial charge in [-0.05, 0) is 49.1 Å². The lowest BCUT2D eigenvalue weighted by Crippen LogP contribution is -2.30. The molecule has 29 heavy (non-hydrogen) atoms. The summed E-state index contributed by atoms with van der Waals surface area (Å²) in [6.45, 7) is 2.03. The maximum atomic E-state index is 12.9. The maximum Gasteiger partial charge on any atom is 0.262 e. The van der Waals surface area contributed by atoms with Gasteiger partial charge >= 0.3 is 0 Å². The average Bonchev–Trinajstić information content (AvgIpc) is 3.56. The fourth-order valence-electron chi connectivity index (χ4n) is 3.36. The van der Waals surface area contributed by atoms with E-state index in [2.05, 4.69) is 10.3 Å². The number of hydrogen-bond donors (Lipinski definition) is 1. The molecule has 0 aliphatic heterocycles. The second-order valence-electron chi connectivity index (χ2n) is 7.19. The van der Waals surface area contributed by atoms with Crippen LogP contribution < -0.4 is 10.9 Å². The molecule has 0 saturated heterocycles. The molecule has 3 aromatic rings. The molecule has 2 aromatic carbocycles. The Labute approximate surface area is 178 Å². The van der Waals surface area contributed by atoms with E-state index in [-0.39, 0.29) is 29.3 Å². The van der Waals surface area contributed by atoms with Crippen molar-refractivity contribution in [3.8, 4) is 0 Å². The largest absolute Gasteiger partial charge is 0.349 e. The summed E-state index contributed by atoms with van der Waals surface area (Å²) in [5.41, 5.74) is 1.67. The zero-order valence-electron chi connectivity index (χ0n) is 16.1. The second-order valence-corrected chi connectivity index (χ2v) is 8.57. The molecule has 1 aliphatic carbocycles. The highest BCUT2D eigenvalue weighted by Crippen LogP contribution is 2.36. The Balaban J connectivity index is 1.50. The SMILES string of the molecule is CCC(NC(=O)CSc1nc2ccccc2c(=O)n1C1CC1)c1ccc(Cl)cc1. The van der Waals surface area contributed by atoms with Gasteiger partial charge in [-0.2, -0.15) is 0 Å². The van der Waals surface area contributed by atoms with E-state index in [1.807, 2.05) is 55.5 Å². The summed E-state index contributed by atoms with van der Waals surface area (Å²) in [6, 6.07) is 15.0. The molecule has 7 heteroatoms. The lowest BCUT2D eigenvalue weighted by atomic mass is 10.0. The van der Waals surface area contributed by atoms with Gasteiger partial charge in [0.1, 0.15) is 0 Å². The summed E-state index contributed by atoms with van der Waals surface area (Å²) in [6.07, 6.45) is 2.74. The molecule has 4 rings (SSSR count). The Kier molecular flexibility index (Phi) is 5.92. The van der Waals surface area contributed by atoms with Gasteiger partial charge in [0.2, 0.25) is 5.91 Å².